The number of aryl methyl sites for hydroxylation is 1. The second-order valence-corrected chi connectivity index (χ2v) is 7.74. The Morgan fingerprint density at radius 1 is 1.39 bits per heavy atom. The fourth-order valence-electron chi connectivity index (χ4n) is 1.42. The summed E-state index contributed by atoms with van der Waals surface area (Å²) in [5.74, 6) is 0. The van der Waals surface area contributed by atoms with Gasteiger partial charge in [-0.1, -0.05) is 0 Å². The zero-order valence-electron chi connectivity index (χ0n) is 9.84. The quantitative estimate of drug-likeness (QED) is 0.888. The predicted molar refractivity (Wildman–Crippen MR) is 75.3 cm³/mol. The number of nitrogens with two attached hydrogens (primary N) is 1. The van der Waals surface area contributed by atoms with E-state index in [1.165, 1.54) is 11.3 Å². The summed E-state index contributed by atoms with van der Waals surface area (Å²) in [6, 6.07) is 3.60. The Bertz CT molecular complexity index is 628. The molecule has 0 atom stereocenters. The summed E-state index contributed by atoms with van der Waals surface area (Å²) in [5, 5.41) is 3.72. The molecule has 0 bridgehead atoms. The molecule has 18 heavy (non-hydrogen) atoms. The van der Waals surface area contributed by atoms with Gasteiger partial charge in [-0.3, -0.25) is 0 Å². The second kappa shape index (κ2) is 5.50. The van der Waals surface area contributed by atoms with Gasteiger partial charge in [0.25, 0.3) is 0 Å². The summed E-state index contributed by atoms with van der Waals surface area (Å²) in [6.07, 6.45) is 0. The molecule has 0 aliphatic heterocycles. The maximum atomic E-state index is 12.0. The Hall–Kier alpha value is -0.730. The Morgan fingerprint density at radius 3 is 2.72 bits per heavy atom. The lowest BCUT2D eigenvalue weighted by molar-refractivity contribution is 0.584. The van der Waals surface area contributed by atoms with Crippen molar-refractivity contribution >= 4 is 32.7 Å². The molecule has 98 valence electrons. The molecule has 0 unspecified atom stereocenters. The molecule has 4 nitrogen and oxygen atoms in total. The predicted octanol–water partition coefficient (Wildman–Crippen LogP) is 2.06. The van der Waals surface area contributed by atoms with Crippen LogP contribution in [0.25, 0.3) is 0 Å². The Labute approximate surface area is 115 Å². The standard InChI is InChI=1S/C11H14N2O2S3/c1-8-2-3-16-10(8)6-13-18(14,15)11-4-9(5-12)7-17-11/h2-4,7,13H,5-6,12H2,1H3. The molecule has 2 aromatic heterocycles. The van der Waals surface area contributed by atoms with Crippen LogP contribution in [0.2, 0.25) is 0 Å². The molecule has 0 spiro atoms. The van der Waals surface area contributed by atoms with Gasteiger partial charge < -0.3 is 5.73 Å². The monoisotopic (exact) mass is 302 g/mol. The number of nitrogens with one attached hydrogen (secondary N) is 1. The summed E-state index contributed by atoms with van der Waals surface area (Å²) < 4.78 is 27.0. The molecular weight excluding hydrogens is 288 g/mol. The van der Waals surface area contributed by atoms with Gasteiger partial charge in [0.1, 0.15) is 4.21 Å². The van der Waals surface area contributed by atoms with Crippen LogP contribution >= 0.6 is 22.7 Å². The molecule has 0 aliphatic rings. The topological polar surface area (TPSA) is 72.2 Å². The van der Waals surface area contributed by atoms with Crippen molar-refractivity contribution < 1.29 is 8.42 Å². The number of hydrogen-bond acceptors (Lipinski definition) is 5. The molecule has 2 aromatic rings. The maximum absolute atomic E-state index is 12.0. The number of sulfonamides is 1. The third-order valence-electron chi connectivity index (χ3n) is 2.52. The van der Waals surface area contributed by atoms with Crippen molar-refractivity contribution in [1.82, 2.24) is 4.72 Å². The Morgan fingerprint density at radius 2 is 2.17 bits per heavy atom. The van der Waals surface area contributed by atoms with E-state index in [1.807, 2.05) is 18.4 Å². The summed E-state index contributed by atoms with van der Waals surface area (Å²) in [4.78, 5) is 1.04. The van der Waals surface area contributed by atoms with E-state index in [9.17, 15) is 8.42 Å². The van der Waals surface area contributed by atoms with Gasteiger partial charge >= 0.3 is 0 Å². The smallest absolute Gasteiger partial charge is 0.250 e. The highest BCUT2D eigenvalue weighted by Gasteiger charge is 2.16. The van der Waals surface area contributed by atoms with Crippen LogP contribution in [-0.4, -0.2) is 8.42 Å². The normalized spacial score (nSPS) is 11.9. The van der Waals surface area contributed by atoms with Crippen molar-refractivity contribution in [3.05, 3.63) is 38.9 Å². The summed E-state index contributed by atoms with van der Waals surface area (Å²) >= 11 is 2.75. The zero-order chi connectivity index (χ0) is 13.2. The highest BCUT2D eigenvalue weighted by Crippen LogP contribution is 2.21. The lowest BCUT2D eigenvalue weighted by Crippen LogP contribution is -2.22. The SMILES string of the molecule is Cc1ccsc1CNS(=O)(=O)c1cc(CN)cs1. The van der Waals surface area contributed by atoms with E-state index in [2.05, 4.69) is 4.72 Å². The van der Waals surface area contributed by atoms with Crippen LogP contribution in [0.1, 0.15) is 16.0 Å². The molecule has 0 amide bonds. The first kappa shape index (κ1) is 13.7. The lowest BCUT2D eigenvalue weighted by Gasteiger charge is -2.03. The molecule has 3 N–H and O–H groups in total. The van der Waals surface area contributed by atoms with E-state index < -0.39 is 10.0 Å². The largest absolute Gasteiger partial charge is 0.326 e. The average Bonchev–Trinajstić information content (AvgIpc) is 2.95. The van der Waals surface area contributed by atoms with E-state index in [4.69, 9.17) is 5.73 Å². The fourth-order valence-corrected chi connectivity index (χ4v) is 4.62. The van der Waals surface area contributed by atoms with Gasteiger partial charge in [0.15, 0.2) is 0 Å². The summed E-state index contributed by atoms with van der Waals surface area (Å²) in [7, 11) is -3.42. The lowest BCUT2D eigenvalue weighted by atomic mass is 10.3. The van der Waals surface area contributed by atoms with Crippen LogP contribution in [0, 0.1) is 6.92 Å². The minimum atomic E-state index is -3.42. The van der Waals surface area contributed by atoms with Gasteiger partial charge in [-0.2, -0.15) is 0 Å². The molecule has 0 saturated carbocycles. The molecule has 0 fully saturated rings. The Balaban J connectivity index is 2.10. The van der Waals surface area contributed by atoms with Gasteiger partial charge in [-0.15, -0.1) is 22.7 Å². The van der Waals surface area contributed by atoms with Crippen LogP contribution in [0.4, 0.5) is 0 Å². The van der Waals surface area contributed by atoms with Crippen molar-refractivity contribution in [3.63, 3.8) is 0 Å². The highest BCUT2D eigenvalue weighted by atomic mass is 32.2. The third kappa shape index (κ3) is 2.99. The number of thiophene rings is 2. The summed E-state index contributed by atoms with van der Waals surface area (Å²) in [6.45, 7) is 2.66. The first-order valence-corrected chi connectivity index (χ1v) is 8.57. The van der Waals surface area contributed by atoms with E-state index in [0.717, 1.165) is 16.0 Å². The van der Waals surface area contributed by atoms with Crippen LogP contribution < -0.4 is 10.5 Å². The summed E-state index contributed by atoms with van der Waals surface area (Å²) in [5.41, 5.74) is 7.42. The number of rotatable bonds is 5. The van der Waals surface area contributed by atoms with Crippen LogP contribution in [0.5, 0.6) is 0 Å². The zero-order valence-corrected chi connectivity index (χ0v) is 12.3. The Kier molecular flexibility index (Phi) is 4.18. The molecule has 2 heterocycles. The van der Waals surface area contributed by atoms with Crippen LogP contribution in [0.3, 0.4) is 0 Å². The van der Waals surface area contributed by atoms with Crippen LogP contribution in [-0.2, 0) is 23.1 Å². The van der Waals surface area contributed by atoms with E-state index >= 15 is 0 Å². The van der Waals surface area contributed by atoms with Crippen molar-refractivity contribution in [3.8, 4) is 0 Å². The molecule has 2 rings (SSSR count). The molecule has 0 aliphatic carbocycles. The molecule has 0 radical (unpaired) electrons. The van der Waals surface area contributed by atoms with Gasteiger partial charge in [0.05, 0.1) is 0 Å². The van der Waals surface area contributed by atoms with Crippen molar-refractivity contribution in [2.75, 3.05) is 0 Å². The first-order chi connectivity index (χ1) is 8.53. The first-order valence-electron chi connectivity index (χ1n) is 5.33. The van der Waals surface area contributed by atoms with Crippen molar-refractivity contribution in [2.45, 2.75) is 24.2 Å². The maximum Gasteiger partial charge on any atom is 0.250 e. The average molecular weight is 302 g/mol. The van der Waals surface area contributed by atoms with E-state index in [1.54, 1.807) is 22.8 Å². The van der Waals surface area contributed by atoms with Crippen molar-refractivity contribution in [2.24, 2.45) is 5.73 Å². The second-order valence-electron chi connectivity index (χ2n) is 3.83. The fraction of sp³-hybridized carbons (Fsp3) is 0.273. The van der Waals surface area contributed by atoms with Gasteiger partial charge in [-0.25, -0.2) is 13.1 Å². The van der Waals surface area contributed by atoms with Crippen molar-refractivity contribution in [1.29, 1.82) is 0 Å². The molecular formula is C11H14N2O2S3. The van der Waals surface area contributed by atoms with Crippen LogP contribution in [0.15, 0.2) is 27.1 Å². The molecule has 0 saturated heterocycles. The third-order valence-corrected chi connectivity index (χ3v) is 6.43. The highest BCUT2D eigenvalue weighted by molar-refractivity contribution is 7.91. The minimum Gasteiger partial charge on any atom is -0.326 e. The van der Waals surface area contributed by atoms with Gasteiger partial charge in [0.2, 0.25) is 10.0 Å². The molecule has 7 heteroatoms. The van der Waals surface area contributed by atoms with Gasteiger partial charge in [-0.05, 0) is 40.9 Å². The van der Waals surface area contributed by atoms with Gasteiger partial charge in [0, 0.05) is 18.0 Å². The molecule has 0 aromatic carbocycles. The van der Waals surface area contributed by atoms with E-state index in [0.29, 0.717) is 17.3 Å². The van der Waals surface area contributed by atoms with E-state index in [-0.39, 0.29) is 0 Å². The number of hydrogen-bond donors (Lipinski definition) is 2. The minimum absolute atomic E-state index is 0.317.